The summed E-state index contributed by atoms with van der Waals surface area (Å²) in [7, 11) is 1.53. The molecule has 0 aromatic heterocycles. The van der Waals surface area contributed by atoms with Gasteiger partial charge in [-0.05, 0) is 24.6 Å². The first-order valence-corrected chi connectivity index (χ1v) is 7.45. The van der Waals surface area contributed by atoms with Crippen LogP contribution in [0.5, 0.6) is 0 Å². The van der Waals surface area contributed by atoms with Crippen LogP contribution in [0, 0.1) is 0 Å². The van der Waals surface area contributed by atoms with E-state index in [9.17, 15) is 22.8 Å². The summed E-state index contributed by atoms with van der Waals surface area (Å²) in [4.78, 5) is 24.5. The highest BCUT2D eigenvalue weighted by molar-refractivity contribution is 6.31. The minimum Gasteiger partial charge on any atom is -0.385 e. The third kappa shape index (κ3) is 6.01. The van der Waals surface area contributed by atoms with Crippen molar-refractivity contribution in [3.05, 3.63) is 28.8 Å². The Bertz CT molecular complexity index is 594. The molecule has 5 nitrogen and oxygen atoms in total. The molecular formula is C15H18ClF3N2O3. The lowest BCUT2D eigenvalue weighted by atomic mass is 10.1. The zero-order valence-electron chi connectivity index (χ0n) is 13.2. The molecule has 0 heterocycles. The first-order chi connectivity index (χ1) is 11.2. The molecule has 9 heteroatoms. The van der Waals surface area contributed by atoms with Crippen molar-refractivity contribution in [2.45, 2.75) is 19.5 Å². The molecule has 134 valence electrons. The second-order valence-corrected chi connectivity index (χ2v) is 5.37. The normalized spacial score (nSPS) is 11.2. The monoisotopic (exact) mass is 366 g/mol. The standard InChI is InChI=1S/C15H18ClF3N2O3/c1-10(22)21(9-14(23)20-6-3-7-24-2)11-4-5-13(16)12(8-11)15(17,18)19/h4-5,8H,3,6-7,9H2,1-2H3,(H,20,23). The molecule has 0 aliphatic rings. The smallest absolute Gasteiger partial charge is 0.385 e. The Hall–Kier alpha value is -1.80. The van der Waals surface area contributed by atoms with Crippen LogP contribution in [0.2, 0.25) is 5.02 Å². The van der Waals surface area contributed by atoms with Crippen molar-refractivity contribution in [2.24, 2.45) is 0 Å². The van der Waals surface area contributed by atoms with Gasteiger partial charge < -0.3 is 15.0 Å². The number of alkyl halides is 3. The average molecular weight is 367 g/mol. The van der Waals surface area contributed by atoms with Gasteiger partial charge in [0.05, 0.1) is 10.6 Å². The molecule has 0 aliphatic heterocycles. The number of nitrogens with one attached hydrogen (secondary N) is 1. The van der Waals surface area contributed by atoms with Crippen molar-refractivity contribution in [3.63, 3.8) is 0 Å². The Morgan fingerprint density at radius 1 is 1.33 bits per heavy atom. The number of benzene rings is 1. The summed E-state index contributed by atoms with van der Waals surface area (Å²) < 4.78 is 43.6. The SMILES string of the molecule is COCCCNC(=O)CN(C(C)=O)c1ccc(Cl)c(C(F)(F)F)c1. The van der Waals surface area contributed by atoms with E-state index in [0.29, 0.717) is 19.6 Å². The van der Waals surface area contributed by atoms with Gasteiger partial charge in [0.2, 0.25) is 11.8 Å². The largest absolute Gasteiger partial charge is 0.417 e. The second kappa shape index (κ2) is 8.89. The fourth-order valence-electron chi connectivity index (χ4n) is 1.93. The van der Waals surface area contributed by atoms with Gasteiger partial charge in [0, 0.05) is 32.9 Å². The molecule has 0 saturated heterocycles. The number of methoxy groups -OCH3 is 1. The third-order valence-corrected chi connectivity index (χ3v) is 3.43. The van der Waals surface area contributed by atoms with E-state index in [4.69, 9.17) is 16.3 Å². The Morgan fingerprint density at radius 2 is 2.00 bits per heavy atom. The number of anilines is 1. The number of nitrogens with zero attached hydrogens (tertiary/aromatic N) is 1. The fourth-order valence-corrected chi connectivity index (χ4v) is 2.15. The van der Waals surface area contributed by atoms with Crippen molar-refractivity contribution in [2.75, 3.05) is 31.7 Å². The lowest BCUT2D eigenvalue weighted by Gasteiger charge is -2.22. The third-order valence-electron chi connectivity index (χ3n) is 3.10. The molecule has 24 heavy (non-hydrogen) atoms. The van der Waals surface area contributed by atoms with Crippen LogP contribution in [-0.4, -0.2) is 38.6 Å². The number of amides is 2. The van der Waals surface area contributed by atoms with Crippen LogP contribution in [0.1, 0.15) is 18.9 Å². The molecule has 0 spiro atoms. The zero-order valence-corrected chi connectivity index (χ0v) is 14.0. The van der Waals surface area contributed by atoms with Crippen LogP contribution in [0.25, 0.3) is 0 Å². The number of rotatable bonds is 7. The van der Waals surface area contributed by atoms with Gasteiger partial charge in [-0.15, -0.1) is 0 Å². The minimum absolute atomic E-state index is 0.0498. The topological polar surface area (TPSA) is 58.6 Å². The van der Waals surface area contributed by atoms with Crippen LogP contribution in [0.4, 0.5) is 18.9 Å². The van der Waals surface area contributed by atoms with Crippen molar-refractivity contribution >= 4 is 29.1 Å². The summed E-state index contributed by atoms with van der Waals surface area (Å²) in [6, 6.07) is 3.06. The molecule has 1 rings (SSSR count). The van der Waals surface area contributed by atoms with E-state index in [1.54, 1.807) is 0 Å². The van der Waals surface area contributed by atoms with E-state index in [0.717, 1.165) is 17.0 Å². The molecule has 0 radical (unpaired) electrons. The van der Waals surface area contributed by atoms with Crippen molar-refractivity contribution < 1.29 is 27.5 Å². The maximum Gasteiger partial charge on any atom is 0.417 e. The Balaban J connectivity index is 2.89. The molecular weight excluding hydrogens is 349 g/mol. The average Bonchev–Trinajstić information content (AvgIpc) is 2.48. The predicted octanol–water partition coefficient (Wildman–Crippen LogP) is 2.86. The maximum absolute atomic E-state index is 12.9. The quantitative estimate of drug-likeness (QED) is 0.755. The summed E-state index contributed by atoms with van der Waals surface area (Å²) in [5, 5.41) is 2.09. The van der Waals surface area contributed by atoms with Gasteiger partial charge in [-0.25, -0.2) is 0 Å². The summed E-state index contributed by atoms with van der Waals surface area (Å²) in [6.45, 7) is 1.58. The Labute approximate surface area is 142 Å². The summed E-state index contributed by atoms with van der Waals surface area (Å²) in [5.74, 6) is -1.04. The molecule has 0 bridgehead atoms. The van der Waals surface area contributed by atoms with Gasteiger partial charge in [-0.2, -0.15) is 13.2 Å². The fraction of sp³-hybridized carbons (Fsp3) is 0.467. The lowest BCUT2D eigenvalue weighted by Crippen LogP contribution is -2.40. The number of hydrogen-bond acceptors (Lipinski definition) is 3. The highest BCUT2D eigenvalue weighted by Crippen LogP contribution is 2.36. The van der Waals surface area contributed by atoms with Crippen molar-refractivity contribution in [1.82, 2.24) is 5.32 Å². The molecule has 1 N–H and O–H groups in total. The van der Waals surface area contributed by atoms with Gasteiger partial charge in [0.15, 0.2) is 0 Å². The van der Waals surface area contributed by atoms with E-state index >= 15 is 0 Å². The predicted molar refractivity (Wildman–Crippen MR) is 84.0 cm³/mol. The number of carbonyl (C=O) groups is 2. The maximum atomic E-state index is 12.9. The summed E-state index contributed by atoms with van der Waals surface area (Å²) in [6.07, 6.45) is -4.07. The van der Waals surface area contributed by atoms with Crippen LogP contribution >= 0.6 is 11.6 Å². The van der Waals surface area contributed by atoms with Crippen LogP contribution < -0.4 is 10.2 Å². The number of carbonyl (C=O) groups excluding carboxylic acids is 2. The lowest BCUT2D eigenvalue weighted by molar-refractivity contribution is -0.137. The number of ether oxygens (including phenoxy) is 1. The summed E-state index contributed by atoms with van der Waals surface area (Å²) >= 11 is 5.55. The van der Waals surface area contributed by atoms with E-state index in [2.05, 4.69) is 5.32 Å². The van der Waals surface area contributed by atoms with Crippen molar-refractivity contribution in [1.29, 1.82) is 0 Å². The molecule has 2 amide bonds. The van der Waals surface area contributed by atoms with Gasteiger partial charge in [0.1, 0.15) is 6.54 Å². The second-order valence-electron chi connectivity index (χ2n) is 4.96. The van der Waals surface area contributed by atoms with Crippen molar-refractivity contribution in [3.8, 4) is 0 Å². The zero-order chi connectivity index (χ0) is 18.3. The number of hydrogen-bond donors (Lipinski definition) is 1. The van der Waals surface area contributed by atoms with E-state index in [1.807, 2.05) is 0 Å². The van der Waals surface area contributed by atoms with Crippen LogP contribution in [0.3, 0.4) is 0 Å². The molecule has 0 saturated carbocycles. The van der Waals surface area contributed by atoms with Gasteiger partial charge in [-0.3, -0.25) is 9.59 Å². The van der Waals surface area contributed by atoms with Gasteiger partial charge in [-0.1, -0.05) is 11.6 Å². The molecule has 0 unspecified atom stereocenters. The molecule has 0 aliphatic carbocycles. The minimum atomic E-state index is -4.65. The van der Waals surface area contributed by atoms with E-state index in [-0.39, 0.29) is 12.2 Å². The summed E-state index contributed by atoms with van der Waals surface area (Å²) in [5.41, 5.74) is -1.11. The molecule has 1 aromatic carbocycles. The number of halogens is 4. The molecule has 0 fully saturated rings. The molecule has 1 aromatic rings. The molecule has 0 atom stereocenters. The first kappa shape index (κ1) is 20.2. The van der Waals surface area contributed by atoms with Gasteiger partial charge in [0.25, 0.3) is 0 Å². The Morgan fingerprint density at radius 3 is 2.54 bits per heavy atom. The Kier molecular flexibility index (Phi) is 7.50. The highest BCUT2D eigenvalue weighted by atomic mass is 35.5. The first-order valence-electron chi connectivity index (χ1n) is 7.07. The van der Waals surface area contributed by atoms with E-state index < -0.39 is 28.6 Å². The van der Waals surface area contributed by atoms with Crippen LogP contribution in [-0.2, 0) is 20.5 Å². The highest BCUT2D eigenvalue weighted by Gasteiger charge is 2.34. The van der Waals surface area contributed by atoms with E-state index in [1.165, 1.54) is 20.1 Å². The van der Waals surface area contributed by atoms with Crippen LogP contribution in [0.15, 0.2) is 18.2 Å². The van der Waals surface area contributed by atoms with Gasteiger partial charge >= 0.3 is 6.18 Å².